The lowest BCUT2D eigenvalue weighted by Crippen LogP contribution is -1.94. The average Bonchev–Trinajstić information content (AvgIpc) is 2.41. The van der Waals surface area contributed by atoms with Gasteiger partial charge in [0.25, 0.3) is 0 Å². The third-order valence-corrected chi connectivity index (χ3v) is 2.25. The minimum atomic E-state index is 0.357. The molecule has 0 unspecified atom stereocenters. The van der Waals surface area contributed by atoms with Crippen LogP contribution in [0.2, 0.25) is 0 Å². The highest BCUT2D eigenvalue weighted by Gasteiger charge is 2.06. The van der Waals surface area contributed by atoms with E-state index in [2.05, 4.69) is 4.98 Å². The van der Waals surface area contributed by atoms with Gasteiger partial charge >= 0.3 is 0 Å². The first-order valence-corrected chi connectivity index (χ1v) is 5.21. The van der Waals surface area contributed by atoms with Crippen molar-refractivity contribution in [3.05, 3.63) is 42.0 Å². The van der Waals surface area contributed by atoms with Gasteiger partial charge in [-0.1, -0.05) is 6.07 Å². The lowest BCUT2D eigenvalue weighted by atomic mass is 10.2. The lowest BCUT2D eigenvalue weighted by Gasteiger charge is -2.07. The highest BCUT2D eigenvalue weighted by atomic mass is 16.5. The molecule has 2 rings (SSSR count). The molecule has 0 saturated heterocycles. The fourth-order valence-corrected chi connectivity index (χ4v) is 1.40. The van der Waals surface area contributed by atoms with Gasteiger partial charge in [0.05, 0.1) is 12.7 Å². The number of pyridine rings is 1. The fourth-order valence-electron chi connectivity index (χ4n) is 1.40. The second kappa shape index (κ2) is 5.06. The first kappa shape index (κ1) is 11.7. The molecule has 18 heavy (non-hydrogen) atoms. The molecule has 5 nitrogen and oxygen atoms in total. The maximum Gasteiger partial charge on any atom is 0.222 e. The fraction of sp³-hybridized carbons (Fsp3) is 0.0769. The van der Waals surface area contributed by atoms with Crippen molar-refractivity contribution in [2.75, 3.05) is 12.8 Å². The van der Waals surface area contributed by atoms with Crippen molar-refractivity contribution in [2.24, 2.45) is 0 Å². The van der Waals surface area contributed by atoms with Crippen molar-refractivity contribution in [2.45, 2.75) is 0 Å². The molecule has 0 radical (unpaired) electrons. The first-order valence-electron chi connectivity index (χ1n) is 5.21. The Hall–Kier alpha value is -2.74. The zero-order chi connectivity index (χ0) is 13.0. The normalized spacial score (nSPS) is 9.56. The molecule has 2 aromatic rings. The Kier molecular flexibility index (Phi) is 3.30. The predicted molar refractivity (Wildman–Crippen MR) is 66.4 cm³/mol. The van der Waals surface area contributed by atoms with E-state index in [9.17, 15) is 0 Å². The predicted octanol–water partition coefficient (Wildman–Crippen LogP) is 2.34. The third kappa shape index (κ3) is 2.50. The van der Waals surface area contributed by atoms with Gasteiger partial charge in [-0.15, -0.1) is 0 Å². The van der Waals surface area contributed by atoms with E-state index in [1.165, 1.54) is 7.11 Å². The van der Waals surface area contributed by atoms with Gasteiger partial charge in [-0.25, -0.2) is 0 Å². The Bertz CT molecular complexity index is 605. The van der Waals surface area contributed by atoms with E-state index in [1.54, 1.807) is 36.4 Å². The van der Waals surface area contributed by atoms with Crippen molar-refractivity contribution < 1.29 is 9.47 Å². The van der Waals surface area contributed by atoms with Gasteiger partial charge in [-0.3, -0.25) is 0 Å². The largest absolute Gasteiger partial charge is 0.481 e. The standard InChI is InChI=1S/C13H11N3O2/c1-17-12-3-2-4-13(16-12)18-11-6-5-10(15)7-9(11)8-14/h2-7H,15H2,1H3. The van der Waals surface area contributed by atoms with Crippen LogP contribution >= 0.6 is 0 Å². The Morgan fingerprint density at radius 1 is 1.22 bits per heavy atom. The molecule has 0 saturated carbocycles. The van der Waals surface area contributed by atoms with Crippen LogP contribution in [0, 0.1) is 11.3 Å². The SMILES string of the molecule is COc1cccc(Oc2ccc(N)cc2C#N)n1. The number of ether oxygens (including phenoxy) is 2. The highest BCUT2D eigenvalue weighted by molar-refractivity contribution is 5.53. The van der Waals surface area contributed by atoms with E-state index in [0.717, 1.165) is 0 Å². The van der Waals surface area contributed by atoms with Gasteiger partial charge in [0, 0.05) is 17.8 Å². The number of nitrogens with zero attached hydrogens (tertiary/aromatic N) is 2. The van der Waals surface area contributed by atoms with Crippen molar-refractivity contribution >= 4 is 5.69 Å². The number of nitrogen functional groups attached to an aromatic ring is 1. The molecule has 5 heteroatoms. The van der Waals surface area contributed by atoms with Crippen molar-refractivity contribution in [3.8, 4) is 23.6 Å². The summed E-state index contributed by atoms with van der Waals surface area (Å²) in [6.07, 6.45) is 0. The number of benzene rings is 1. The number of nitrogens with two attached hydrogens (primary N) is 1. The molecule has 0 aliphatic heterocycles. The van der Waals surface area contributed by atoms with E-state index in [0.29, 0.717) is 28.8 Å². The van der Waals surface area contributed by atoms with Crippen molar-refractivity contribution in [1.29, 1.82) is 5.26 Å². The monoisotopic (exact) mass is 241 g/mol. The summed E-state index contributed by atoms with van der Waals surface area (Å²) in [5.41, 5.74) is 6.47. The van der Waals surface area contributed by atoms with Crippen LogP contribution in [-0.4, -0.2) is 12.1 Å². The van der Waals surface area contributed by atoms with E-state index in [-0.39, 0.29) is 0 Å². The molecule has 0 fully saturated rings. The maximum atomic E-state index is 8.99. The molecule has 0 atom stereocenters. The molecule has 1 aromatic carbocycles. The zero-order valence-electron chi connectivity index (χ0n) is 9.75. The summed E-state index contributed by atoms with van der Waals surface area (Å²) in [7, 11) is 1.52. The van der Waals surface area contributed by atoms with E-state index >= 15 is 0 Å². The van der Waals surface area contributed by atoms with Crippen LogP contribution in [0.3, 0.4) is 0 Å². The number of rotatable bonds is 3. The van der Waals surface area contributed by atoms with Crippen molar-refractivity contribution in [3.63, 3.8) is 0 Å². The van der Waals surface area contributed by atoms with Gasteiger partial charge < -0.3 is 15.2 Å². The molecule has 0 bridgehead atoms. The number of hydrogen-bond acceptors (Lipinski definition) is 5. The summed E-state index contributed by atoms with van der Waals surface area (Å²) in [5.74, 6) is 1.21. The molecule has 0 spiro atoms. The Morgan fingerprint density at radius 3 is 2.72 bits per heavy atom. The smallest absolute Gasteiger partial charge is 0.222 e. The van der Waals surface area contributed by atoms with Crippen LogP contribution in [-0.2, 0) is 0 Å². The van der Waals surface area contributed by atoms with Gasteiger partial charge in [0.15, 0.2) is 0 Å². The average molecular weight is 241 g/mol. The molecule has 1 heterocycles. The highest BCUT2D eigenvalue weighted by Crippen LogP contribution is 2.26. The van der Waals surface area contributed by atoms with Crippen molar-refractivity contribution in [1.82, 2.24) is 4.98 Å². The van der Waals surface area contributed by atoms with Gasteiger partial charge in [-0.2, -0.15) is 10.2 Å². The number of hydrogen-bond donors (Lipinski definition) is 1. The maximum absolute atomic E-state index is 8.99. The van der Waals surface area contributed by atoms with E-state index in [4.69, 9.17) is 20.5 Å². The molecule has 90 valence electrons. The first-order chi connectivity index (χ1) is 8.72. The van der Waals surface area contributed by atoms with Crippen LogP contribution in [0.4, 0.5) is 5.69 Å². The topological polar surface area (TPSA) is 81.2 Å². The molecule has 0 aliphatic carbocycles. The van der Waals surface area contributed by atoms with E-state index < -0.39 is 0 Å². The molecular weight excluding hydrogens is 230 g/mol. The number of nitriles is 1. The summed E-state index contributed by atoms with van der Waals surface area (Å²) in [6, 6.07) is 12.0. The molecule has 2 N–H and O–H groups in total. The molecule has 0 amide bonds. The Morgan fingerprint density at radius 2 is 2.00 bits per heavy atom. The number of anilines is 1. The second-order valence-corrected chi connectivity index (χ2v) is 3.49. The summed E-state index contributed by atoms with van der Waals surface area (Å²) < 4.78 is 10.5. The summed E-state index contributed by atoms with van der Waals surface area (Å²) in [5, 5.41) is 8.99. The van der Waals surface area contributed by atoms with Gasteiger partial charge in [-0.05, 0) is 18.2 Å². The second-order valence-electron chi connectivity index (χ2n) is 3.49. The molecule has 0 aliphatic rings. The molecular formula is C13H11N3O2. The quantitative estimate of drug-likeness (QED) is 0.834. The van der Waals surface area contributed by atoms with Crippen LogP contribution in [0.5, 0.6) is 17.5 Å². The lowest BCUT2D eigenvalue weighted by molar-refractivity contribution is 0.383. The van der Waals surface area contributed by atoms with Crippen LogP contribution < -0.4 is 15.2 Å². The zero-order valence-corrected chi connectivity index (χ0v) is 9.75. The van der Waals surface area contributed by atoms with Crippen LogP contribution in [0.1, 0.15) is 5.56 Å². The summed E-state index contributed by atoms with van der Waals surface area (Å²) >= 11 is 0. The van der Waals surface area contributed by atoms with Gasteiger partial charge in [0.1, 0.15) is 11.8 Å². The van der Waals surface area contributed by atoms with Gasteiger partial charge in [0.2, 0.25) is 11.8 Å². The summed E-state index contributed by atoms with van der Waals surface area (Å²) in [6.45, 7) is 0. The number of methoxy groups -OCH3 is 1. The minimum Gasteiger partial charge on any atom is -0.481 e. The minimum absolute atomic E-state index is 0.357. The summed E-state index contributed by atoms with van der Waals surface area (Å²) in [4.78, 5) is 4.10. The van der Waals surface area contributed by atoms with Crippen LogP contribution in [0.15, 0.2) is 36.4 Å². The third-order valence-electron chi connectivity index (χ3n) is 2.25. The number of aromatic nitrogens is 1. The Balaban J connectivity index is 2.31. The molecule has 1 aromatic heterocycles. The Labute approximate surface area is 104 Å². The van der Waals surface area contributed by atoms with Crippen LogP contribution in [0.25, 0.3) is 0 Å². The van der Waals surface area contributed by atoms with E-state index in [1.807, 2.05) is 6.07 Å².